The molecule has 0 aliphatic carbocycles. The van der Waals surface area contributed by atoms with E-state index in [0.29, 0.717) is 6.04 Å². The molecule has 2 saturated heterocycles. The van der Waals surface area contributed by atoms with Gasteiger partial charge in [-0.3, -0.25) is 0 Å². The van der Waals surface area contributed by atoms with Crippen LogP contribution in [0.1, 0.15) is 46.5 Å². The van der Waals surface area contributed by atoms with Gasteiger partial charge in [0, 0.05) is 18.6 Å². The summed E-state index contributed by atoms with van der Waals surface area (Å²) in [6, 6.07) is -0.515. The second-order valence-electron chi connectivity index (χ2n) is 7.31. The van der Waals surface area contributed by atoms with E-state index >= 15 is 0 Å². The number of hydrogen-bond acceptors (Lipinski definition) is 3. The summed E-state index contributed by atoms with van der Waals surface area (Å²) in [7, 11) is 0. The van der Waals surface area contributed by atoms with Gasteiger partial charge in [0.05, 0.1) is 0 Å². The molecule has 0 saturated carbocycles. The van der Waals surface area contributed by atoms with Gasteiger partial charge in [0.25, 0.3) is 0 Å². The number of rotatable bonds is 3. The highest BCUT2D eigenvalue weighted by Gasteiger charge is 2.35. The molecule has 6 nitrogen and oxygen atoms in total. The molecule has 2 aliphatic heterocycles. The Kier molecular flexibility index (Phi) is 4.76. The van der Waals surface area contributed by atoms with Crippen molar-refractivity contribution in [3.05, 3.63) is 0 Å². The maximum Gasteiger partial charge on any atom is 0.326 e. The lowest BCUT2D eigenvalue weighted by molar-refractivity contribution is -0.141. The van der Waals surface area contributed by atoms with Gasteiger partial charge in [-0.1, -0.05) is 20.8 Å². The monoisotopic (exact) mass is 297 g/mol. The minimum atomic E-state index is -0.997. The zero-order valence-corrected chi connectivity index (χ0v) is 13.2. The smallest absolute Gasteiger partial charge is 0.326 e. The van der Waals surface area contributed by atoms with E-state index in [4.69, 9.17) is 0 Å². The summed E-state index contributed by atoms with van der Waals surface area (Å²) in [6.45, 7) is 7.63. The van der Waals surface area contributed by atoms with Crippen LogP contribution in [0, 0.1) is 5.41 Å². The molecule has 0 radical (unpaired) electrons. The van der Waals surface area contributed by atoms with E-state index < -0.39 is 17.4 Å². The first-order valence-electron chi connectivity index (χ1n) is 7.81. The summed E-state index contributed by atoms with van der Waals surface area (Å²) < 4.78 is 0. The number of fused-ring (bicyclic) bond motifs is 1. The van der Waals surface area contributed by atoms with Crippen molar-refractivity contribution in [2.45, 2.75) is 64.6 Å². The van der Waals surface area contributed by atoms with E-state index in [2.05, 4.69) is 15.5 Å². The molecule has 21 heavy (non-hydrogen) atoms. The van der Waals surface area contributed by atoms with Gasteiger partial charge in [-0.15, -0.1) is 0 Å². The summed E-state index contributed by atoms with van der Waals surface area (Å²) in [6.07, 6.45) is 4.37. The third-order valence-corrected chi connectivity index (χ3v) is 4.54. The van der Waals surface area contributed by atoms with Crippen LogP contribution in [0.4, 0.5) is 4.79 Å². The molecule has 6 heteroatoms. The Morgan fingerprint density at radius 2 is 1.95 bits per heavy atom. The number of urea groups is 1. The molecular weight excluding hydrogens is 270 g/mol. The van der Waals surface area contributed by atoms with Crippen molar-refractivity contribution >= 4 is 12.0 Å². The molecule has 2 heterocycles. The normalized spacial score (nSPS) is 27.8. The number of nitrogens with zero attached hydrogens (tertiary/aromatic N) is 1. The molecule has 2 rings (SSSR count). The minimum absolute atomic E-state index is 0.152. The van der Waals surface area contributed by atoms with E-state index in [0.717, 1.165) is 19.4 Å². The number of nitrogens with one attached hydrogen (secondary N) is 2. The molecule has 120 valence electrons. The molecule has 2 aliphatic rings. The molecule has 0 aromatic rings. The molecule has 0 spiro atoms. The number of carbonyl (C=O) groups is 2. The van der Waals surface area contributed by atoms with Crippen molar-refractivity contribution < 1.29 is 14.7 Å². The number of aliphatic carboxylic acids is 1. The zero-order valence-electron chi connectivity index (χ0n) is 13.2. The minimum Gasteiger partial charge on any atom is -0.480 e. The predicted molar refractivity (Wildman–Crippen MR) is 80.2 cm³/mol. The predicted octanol–water partition coefficient (Wildman–Crippen LogP) is 1.41. The first kappa shape index (κ1) is 16.1. The molecular formula is C15H27N3O3. The summed E-state index contributed by atoms with van der Waals surface area (Å²) in [5, 5.41) is 14.8. The highest BCUT2D eigenvalue weighted by molar-refractivity contribution is 5.83. The molecule has 0 bridgehead atoms. The highest BCUT2D eigenvalue weighted by Crippen LogP contribution is 2.26. The summed E-state index contributed by atoms with van der Waals surface area (Å²) in [5.41, 5.74) is -0.516. The lowest BCUT2D eigenvalue weighted by Crippen LogP contribution is -2.55. The van der Waals surface area contributed by atoms with Crippen LogP contribution in [0.2, 0.25) is 0 Å². The van der Waals surface area contributed by atoms with E-state index in [-0.39, 0.29) is 12.1 Å². The zero-order chi connectivity index (χ0) is 15.6. The van der Waals surface area contributed by atoms with Crippen molar-refractivity contribution in [2.24, 2.45) is 5.41 Å². The summed E-state index contributed by atoms with van der Waals surface area (Å²) in [4.78, 5) is 25.8. The summed E-state index contributed by atoms with van der Waals surface area (Å²) >= 11 is 0. The number of carboxylic acids is 1. The molecule has 3 N–H and O–H groups in total. The van der Waals surface area contributed by atoms with E-state index in [9.17, 15) is 14.7 Å². The van der Waals surface area contributed by atoms with Crippen LogP contribution in [0.15, 0.2) is 0 Å². The van der Waals surface area contributed by atoms with Crippen LogP contribution in [-0.4, -0.2) is 53.2 Å². The van der Waals surface area contributed by atoms with Crippen LogP contribution >= 0.6 is 0 Å². The van der Waals surface area contributed by atoms with Gasteiger partial charge in [-0.25, -0.2) is 9.59 Å². The fourth-order valence-electron chi connectivity index (χ4n) is 3.36. The third kappa shape index (κ3) is 4.09. The van der Waals surface area contributed by atoms with Crippen LogP contribution in [0.3, 0.4) is 0 Å². The molecule has 2 fully saturated rings. The molecule has 0 aromatic heterocycles. The second-order valence-corrected chi connectivity index (χ2v) is 7.31. The van der Waals surface area contributed by atoms with Gasteiger partial charge < -0.3 is 20.6 Å². The average Bonchev–Trinajstić information content (AvgIpc) is 2.81. The number of piperidine rings is 1. The Hall–Kier alpha value is -1.30. The quantitative estimate of drug-likeness (QED) is 0.735. The standard InChI is InChI=1S/C15H27N3O3/c1-15(2,3)12(13(19)20)17-14(21)16-10-6-8-18-7-4-5-11(18)9-10/h10-12H,4-9H2,1-3H3,(H,19,20)(H2,16,17,21)/t10?,11?,12-/m0/s1. The Morgan fingerprint density at radius 3 is 2.57 bits per heavy atom. The average molecular weight is 297 g/mol. The number of amides is 2. The van der Waals surface area contributed by atoms with Crippen molar-refractivity contribution in [1.29, 1.82) is 0 Å². The number of carboxylic acid groups (broad SMARTS) is 1. The van der Waals surface area contributed by atoms with E-state index in [1.165, 1.54) is 19.4 Å². The fourth-order valence-corrected chi connectivity index (χ4v) is 3.36. The van der Waals surface area contributed by atoms with Gasteiger partial charge >= 0.3 is 12.0 Å². The Balaban J connectivity index is 1.85. The Bertz CT molecular complexity index is 405. The van der Waals surface area contributed by atoms with Crippen LogP contribution < -0.4 is 10.6 Å². The number of hydrogen-bond donors (Lipinski definition) is 3. The summed E-state index contributed by atoms with van der Waals surface area (Å²) in [5.74, 6) is -0.997. The van der Waals surface area contributed by atoms with E-state index in [1.807, 2.05) is 20.8 Å². The van der Waals surface area contributed by atoms with Gasteiger partial charge in [0.15, 0.2) is 0 Å². The van der Waals surface area contributed by atoms with Crippen molar-refractivity contribution in [2.75, 3.05) is 13.1 Å². The molecule has 2 unspecified atom stereocenters. The fraction of sp³-hybridized carbons (Fsp3) is 0.867. The van der Waals surface area contributed by atoms with E-state index in [1.54, 1.807) is 0 Å². The largest absolute Gasteiger partial charge is 0.480 e. The molecule has 0 aromatic carbocycles. The first-order chi connectivity index (χ1) is 9.77. The highest BCUT2D eigenvalue weighted by atomic mass is 16.4. The van der Waals surface area contributed by atoms with Gasteiger partial charge in [-0.05, 0) is 37.6 Å². The maximum absolute atomic E-state index is 12.1. The lowest BCUT2D eigenvalue weighted by Gasteiger charge is -2.35. The van der Waals surface area contributed by atoms with Crippen LogP contribution in [0.25, 0.3) is 0 Å². The van der Waals surface area contributed by atoms with Crippen LogP contribution in [-0.2, 0) is 4.79 Å². The first-order valence-corrected chi connectivity index (χ1v) is 7.81. The van der Waals surface area contributed by atoms with Crippen LogP contribution in [0.5, 0.6) is 0 Å². The SMILES string of the molecule is CC(C)(C)[C@@H](NC(=O)NC1CCN2CCCC2C1)C(=O)O. The Labute approximate surface area is 126 Å². The Morgan fingerprint density at radius 1 is 1.24 bits per heavy atom. The molecule has 2 amide bonds. The number of carbonyl (C=O) groups excluding carboxylic acids is 1. The topological polar surface area (TPSA) is 81.7 Å². The van der Waals surface area contributed by atoms with Crippen molar-refractivity contribution in [1.82, 2.24) is 15.5 Å². The second kappa shape index (κ2) is 6.22. The molecule has 3 atom stereocenters. The van der Waals surface area contributed by atoms with Gasteiger partial charge in [-0.2, -0.15) is 0 Å². The lowest BCUT2D eigenvalue weighted by atomic mass is 9.87. The maximum atomic E-state index is 12.1. The van der Waals surface area contributed by atoms with Crippen molar-refractivity contribution in [3.8, 4) is 0 Å². The van der Waals surface area contributed by atoms with Gasteiger partial charge in [0.2, 0.25) is 0 Å². The van der Waals surface area contributed by atoms with Gasteiger partial charge in [0.1, 0.15) is 6.04 Å². The van der Waals surface area contributed by atoms with Crippen molar-refractivity contribution in [3.63, 3.8) is 0 Å². The third-order valence-electron chi connectivity index (χ3n) is 4.54.